The molecule has 3 aromatic rings. The number of benzene rings is 1. The summed E-state index contributed by atoms with van der Waals surface area (Å²) in [6, 6.07) is 1.99. The Morgan fingerprint density at radius 2 is 1.75 bits per heavy atom. The number of carboxylic acid groups (broad SMARTS) is 1. The monoisotopic (exact) mass is 439 g/mol. The second kappa shape index (κ2) is 7.80. The largest absolute Gasteiger partial charge is 0.481 e. The molecule has 1 fully saturated rings. The van der Waals surface area contributed by atoms with E-state index in [2.05, 4.69) is 20.8 Å². The predicted molar refractivity (Wildman–Crippen MR) is 121 cm³/mol. The molecule has 4 rings (SSSR count). The average Bonchev–Trinajstić information content (AvgIpc) is 3.17. The fraction of sp³-hybridized carbons (Fsp3) is 0.480. The first-order chi connectivity index (χ1) is 15.0. The molecule has 32 heavy (non-hydrogen) atoms. The Labute approximate surface area is 186 Å². The highest BCUT2D eigenvalue weighted by molar-refractivity contribution is 6.00. The number of fused-ring (bicyclic) bond motifs is 2. The zero-order chi connectivity index (χ0) is 23.4. The van der Waals surface area contributed by atoms with Crippen LogP contribution in [0.2, 0.25) is 0 Å². The Bertz CT molecular complexity index is 1280. The maximum atomic E-state index is 12.9. The number of carboxylic acids is 1. The summed E-state index contributed by atoms with van der Waals surface area (Å²) in [7, 11) is 0. The number of aliphatic carboxylic acids is 1. The highest BCUT2D eigenvalue weighted by Gasteiger charge is 2.28. The van der Waals surface area contributed by atoms with Crippen molar-refractivity contribution in [3.05, 3.63) is 45.0 Å². The van der Waals surface area contributed by atoms with Crippen LogP contribution >= 0.6 is 0 Å². The lowest BCUT2D eigenvalue weighted by molar-refractivity contribution is -0.145. The molecular weight excluding hydrogens is 410 g/mol. The first-order valence-electron chi connectivity index (χ1n) is 11.0. The van der Waals surface area contributed by atoms with Gasteiger partial charge in [0.1, 0.15) is 11.2 Å². The van der Waals surface area contributed by atoms with E-state index in [1.165, 1.54) is 0 Å². The molecule has 1 aliphatic heterocycles. The molecule has 0 aliphatic carbocycles. The number of amides is 1. The lowest BCUT2D eigenvalue weighted by Crippen LogP contribution is -2.41. The second-order valence-electron chi connectivity index (χ2n) is 9.82. The number of likely N-dealkylation sites (tertiary alicyclic amines) is 1. The normalized spacial score (nSPS) is 15.6. The standard InChI is InChI=1S/C25H29NO6/c1-13-16-10-18-19(25(3,4)5)12-31-21(18)14(2)22(16)32-24(30)17(13)11-20(27)26-8-6-15(7-9-26)23(28)29/h10,12,15H,6-9,11H2,1-5H3,(H,28,29). The van der Waals surface area contributed by atoms with Gasteiger partial charge in [0.2, 0.25) is 5.91 Å². The van der Waals surface area contributed by atoms with Crippen molar-refractivity contribution in [2.45, 2.75) is 59.3 Å². The molecule has 0 bridgehead atoms. The van der Waals surface area contributed by atoms with Crippen LogP contribution in [0.15, 0.2) is 26.0 Å². The first kappa shape index (κ1) is 22.1. The van der Waals surface area contributed by atoms with Crippen LogP contribution in [0.3, 0.4) is 0 Å². The number of hydrogen-bond donors (Lipinski definition) is 1. The molecule has 0 saturated carbocycles. The van der Waals surface area contributed by atoms with Crippen LogP contribution < -0.4 is 5.63 Å². The lowest BCUT2D eigenvalue weighted by Gasteiger charge is -2.30. The van der Waals surface area contributed by atoms with E-state index in [0.29, 0.717) is 42.7 Å². The van der Waals surface area contributed by atoms with Crippen LogP contribution in [0.25, 0.3) is 21.9 Å². The van der Waals surface area contributed by atoms with E-state index in [-0.39, 0.29) is 17.7 Å². The summed E-state index contributed by atoms with van der Waals surface area (Å²) < 4.78 is 11.5. The summed E-state index contributed by atoms with van der Waals surface area (Å²) in [4.78, 5) is 38.5. The SMILES string of the molecule is Cc1c(CC(=O)N2CCC(C(=O)O)CC2)c(=O)oc2c(C)c3occ(C(C)(C)C)c3cc12. The molecule has 0 atom stereocenters. The van der Waals surface area contributed by atoms with Crippen LogP contribution in [-0.4, -0.2) is 35.0 Å². The third-order valence-electron chi connectivity index (χ3n) is 6.67. The van der Waals surface area contributed by atoms with E-state index in [1.807, 2.05) is 19.9 Å². The van der Waals surface area contributed by atoms with E-state index < -0.39 is 17.5 Å². The Hall–Kier alpha value is -3.09. The Morgan fingerprint density at radius 3 is 2.34 bits per heavy atom. The van der Waals surface area contributed by atoms with Gasteiger partial charge in [-0.25, -0.2) is 4.79 Å². The van der Waals surface area contributed by atoms with Crippen LogP contribution in [0, 0.1) is 19.8 Å². The number of nitrogens with zero attached hydrogens (tertiary/aromatic N) is 1. The summed E-state index contributed by atoms with van der Waals surface area (Å²) in [5.74, 6) is -1.41. The number of furan rings is 1. The maximum Gasteiger partial charge on any atom is 0.340 e. The quantitative estimate of drug-likeness (QED) is 0.610. The van der Waals surface area contributed by atoms with E-state index in [1.54, 1.807) is 11.2 Å². The molecule has 2 aromatic heterocycles. The summed E-state index contributed by atoms with van der Waals surface area (Å²) in [6.07, 6.45) is 2.56. The van der Waals surface area contributed by atoms with Gasteiger partial charge in [-0.1, -0.05) is 20.8 Å². The van der Waals surface area contributed by atoms with Gasteiger partial charge >= 0.3 is 11.6 Å². The Kier molecular flexibility index (Phi) is 5.39. The molecule has 0 spiro atoms. The van der Waals surface area contributed by atoms with Gasteiger partial charge in [0.05, 0.1) is 24.2 Å². The smallest absolute Gasteiger partial charge is 0.340 e. The Balaban J connectivity index is 1.73. The van der Waals surface area contributed by atoms with Crippen LogP contribution in [-0.2, 0) is 21.4 Å². The van der Waals surface area contributed by atoms with Gasteiger partial charge in [-0.2, -0.15) is 0 Å². The summed E-state index contributed by atoms with van der Waals surface area (Å²) >= 11 is 0. The van der Waals surface area contributed by atoms with Gasteiger partial charge in [-0.05, 0) is 43.7 Å². The van der Waals surface area contributed by atoms with E-state index >= 15 is 0 Å². The molecule has 1 saturated heterocycles. The van der Waals surface area contributed by atoms with E-state index in [9.17, 15) is 14.4 Å². The number of aryl methyl sites for hydroxylation is 2. The molecule has 1 aliphatic rings. The highest BCUT2D eigenvalue weighted by Crippen LogP contribution is 2.37. The molecule has 3 heterocycles. The van der Waals surface area contributed by atoms with Crippen molar-refractivity contribution in [2.24, 2.45) is 5.92 Å². The molecule has 1 amide bonds. The molecular formula is C25H29NO6. The van der Waals surface area contributed by atoms with E-state index in [0.717, 1.165) is 27.5 Å². The van der Waals surface area contributed by atoms with Crippen molar-refractivity contribution in [2.75, 3.05) is 13.1 Å². The van der Waals surface area contributed by atoms with E-state index in [4.69, 9.17) is 13.9 Å². The predicted octanol–water partition coefficient (Wildman–Crippen LogP) is 4.32. The Morgan fingerprint density at radius 1 is 1.09 bits per heavy atom. The van der Waals surface area contributed by atoms with Crippen LogP contribution in [0.4, 0.5) is 0 Å². The molecule has 7 heteroatoms. The van der Waals surface area contributed by atoms with Crippen molar-refractivity contribution in [3.8, 4) is 0 Å². The second-order valence-corrected chi connectivity index (χ2v) is 9.82. The van der Waals surface area contributed by atoms with Crippen molar-refractivity contribution < 1.29 is 23.5 Å². The fourth-order valence-electron chi connectivity index (χ4n) is 4.62. The average molecular weight is 440 g/mol. The number of piperidine rings is 1. The summed E-state index contributed by atoms with van der Waals surface area (Å²) in [5, 5.41) is 10.9. The number of carbonyl (C=O) groups is 2. The molecule has 7 nitrogen and oxygen atoms in total. The summed E-state index contributed by atoms with van der Waals surface area (Å²) in [6.45, 7) is 10.8. The van der Waals surface area contributed by atoms with Gasteiger partial charge in [0, 0.05) is 35.0 Å². The minimum atomic E-state index is -0.821. The molecule has 0 unspecified atom stereocenters. The topological polar surface area (TPSA) is 101 Å². The van der Waals surface area contributed by atoms with Gasteiger partial charge in [-0.3, -0.25) is 9.59 Å². The third kappa shape index (κ3) is 3.70. The van der Waals surface area contributed by atoms with Crippen molar-refractivity contribution in [1.82, 2.24) is 4.90 Å². The lowest BCUT2D eigenvalue weighted by atomic mass is 9.86. The van der Waals surface area contributed by atoms with Crippen LogP contribution in [0.1, 0.15) is 55.9 Å². The molecule has 0 radical (unpaired) electrons. The number of carbonyl (C=O) groups excluding carboxylic acids is 1. The molecule has 1 N–H and O–H groups in total. The van der Waals surface area contributed by atoms with Crippen molar-refractivity contribution in [1.29, 1.82) is 0 Å². The van der Waals surface area contributed by atoms with Gasteiger partial charge in [0.15, 0.2) is 0 Å². The zero-order valence-electron chi connectivity index (χ0n) is 19.2. The zero-order valence-corrected chi connectivity index (χ0v) is 19.2. The number of rotatable bonds is 3. The van der Waals surface area contributed by atoms with Gasteiger partial charge < -0.3 is 18.8 Å². The summed E-state index contributed by atoms with van der Waals surface area (Å²) in [5.41, 5.74) is 3.47. The third-order valence-corrected chi connectivity index (χ3v) is 6.67. The van der Waals surface area contributed by atoms with Crippen LogP contribution in [0.5, 0.6) is 0 Å². The van der Waals surface area contributed by atoms with Gasteiger partial charge in [-0.15, -0.1) is 0 Å². The molecule has 1 aromatic carbocycles. The van der Waals surface area contributed by atoms with Gasteiger partial charge in [0.25, 0.3) is 0 Å². The minimum absolute atomic E-state index is 0.0591. The minimum Gasteiger partial charge on any atom is -0.481 e. The fourth-order valence-corrected chi connectivity index (χ4v) is 4.62. The highest BCUT2D eigenvalue weighted by atomic mass is 16.4. The van der Waals surface area contributed by atoms with Crippen molar-refractivity contribution in [3.63, 3.8) is 0 Å². The maximum absolute atomic E-state index is 12.9. The first-order valence-corrected chi connectivity index (χ1v) is 11.0. The van der Waals surface area contributed by atoms with Crippen molar-refractivity contribution >= 4 is 33.8 Å². The molecule has 170 valence electrons. The number of hydrogen-bond acceptors (Lipinski definition) is 5.